The van der Waals surface area contributed by atoms with Crippen LogP contribution in [0.15, 0.2) is 29.4 Å². The lowest BCUT2D eigenvalue weighted by Gasteiger charge is -2.28. The first-order valence-corrected chi connectivity index (χ1v) is 5.07. The number of aryl methyl sites for hydroxylation is 1. The Morgan fingerprint density at radius 3 is 1.75 bits per heavy atom. The van der Waals surface area contributed by atoms with Gasteiger partial charge in [0.15, 0.2) is 5.71 Å². The van der Waals surface area contributed by atoms with Crippen molar-refractivity contribution in [2.45, 2.75) is 24.9 Å². The van der Waals surface area contributed by atoms with Gasteiger partial charge < -0.3 is 5.21 Å². The molecule has 0 saturated carbocycles. The average molecular weight is 303 g/mol. The quantitative estimate of drug-likeness (QED) is 0.389. The number of halogens is 7. The molecular weight excluding hydrogens is 295 g/mol. The third-order valence-electron chi connectivity index (χ3n) is 2.47. The van der Waals surface area contributed by atoms with Gasteiger partial charge in [-0.25, -0.2) is 0 Å². The normalized spacial score (nSPS) is 14.5. The van der Waals surface area contributed by atoms with Crippen LogP contribution >= 0.6 is 0 Å². The minimum atomic E-state index is -6.49. The van der Waals surface area contributed by atoms with Crippen molar-refractivity contribution in [3.05, 3.63) is 35.4 Å². The Kier molecular flexibility index (Phi) is 4.02. The van der Waals surface area contributed by atoms with E-state index in [0.29, 0.717) is 5.56 Å². The van der Waals surface area contributed by atoms with Crippen molar-refractivity contribution in [2.75, 3.05) is 0 Å². The van der Waals surface area contributed by atoms with Gasteiger partial charge in [0, 0.05) is 5.56 Å². The van der Waals surface area contributed by atoms with E-state index in [4.69, 9.17) is 5.21 Å². The highest BCUT2D eigenvalue weighted by atomic mass is 19.4. The molecule has 0 aromatic heterocycles. The van der Waals surface area contributed by atoms with Crippen molar-refractivity contribution in [2.24, 2.45) is 5.16 Å². The van der Waals surface area contributed by atoms with Crippen LogP contribution in [0.25, 0.3) is 0 Å². The summed E-state index contributed by atoms with van der Waals surface area (Å²) in [4.78, 5) is 0. The van der Waals surface area contributed by atoms with Gasteiger partial charge in [-0.05, 0) is 6.92 Å². The standard InChI is InChI=1S/C11H8F7NO/c1-6-2-4-7(5-3-6)8(19-20)9(12,13)10(14,15)11(16,17)18/h2-5,20H,1H3. The topological polar surface area (TPSA) is 32.6 Å². The predicted octanol–water partition coefficient (Wildman–Crippen LogP) is 4.01. The first-order chi connectivity index (χ1) is 8.95. The molecule has 2 nitrogen and oxygen atoms in total. The Hall–Kier alpha value is -1.80. The van der Waals surface area contributed by atoms with Gasteiger partial charge >= 0.3 is 18.0 Å². The van der Waals surface area contributed by atoms with Crippen molar-refractivity contribution in [3.63, 3.8) is 0 Å². The Labute approximate surface area is 108 Å². The van der Waals surface area contributed by atoms with Gasteiger partial charge in [0.25, 0.3) is 0 Å². The summed E-state index contributed by atoms with van der Waals surface area (Å²) in [6.45, 7) is 1.54. The third kappa shape index (κ3) is 2.56. The van der Waals surface area contributed by atoms with E-state index in [1.807, 2.05) is 5.16 Å². The Morgan fingerprint density at radius 2 is 1.40 bits per heavy atom. The molecule has 0 amide bonds. The molecular formula is C11H8F7NO. The van der Waals surface area contributed by atoms with Crippen LogP contribution in [0.2, 0.25) is 0 Å². The fraction of sp³-hybridized carbons (Fsp3) is 0.364. The first-order valence-electron chi connectivity index (χ1n) is 5.07. The summed E-state index contributed by atoms with van der Waals surface area (Å²) in [5.74, 6) is -12.1. The molecule has 0 saturated heterocycles. The molecule has 0 radical (unpaired) electrons. The molecule has 0 unspecified atom stereocenters. The maximum Gasteiger partial charge on any atom is 0.460 e. The molecule has 1 N–H and O–H groups in total. The second-order valence-corrected chi connectivity index (χ2v) is 3.96. The molecule has 112 valence electrons. The second kappa shape index (κ2) is 4.95. The van der Waals surface area contributed by atoms with Gasteiger partial charge in [-0.15, -0.1) is 0 Å². The summed E-state index contributed by atoms with van der Waals surface area (Å²) in [7, 11) is 0. The van der Waals surface area contributed by atoms with Crippen LogP contribution in [0.3, 0.4) is 0 Å². The maximum atomic E-state index is 13.4. The molecule has 1 aromatic carbocycles. The molecule has 0 heterocycles. The highest BCUT2D eigenvalue weighted by Gasteiger charge is 2.75. The minimum absolute atomic E-state index is 0.553. The van der Waals surface area contributed by atoms with Crippen LogP contribution in [0.4, 0.5) is 30.7 Å². The van der Waals surface area contributed by atoms with Gasteiger partial charge in [-0.1, -0.05) is 35.0 Å². The summed E-state index contributed by atoms with van der Waals surface area (Å²) in [6.07, 6.45) is -6.49. The number of hydrogen-bond acceptors (Lipinski definition) is 2. The smallest absolute Gasteiger partial charge is 0.410 e. The van der Waals surface area contributed by atoms with Gasteiger partial charge in [0.05, 0.1) is 0 Å². The van der Waals surface area contributed by atoms with E-state index in [0.717, 1.165) is 12.1 Å². The average Bonchev–Trinajstić information content (AvgIpc) is 2.30. The Balaban J connectivity index is 3.34. The van der Waals surface area contributed by atoms with Gasteiger partial charge in [0.1, 0.15) is 0 Å². The van der Waals surface area contributed by atoms with E-state index in [1.165, 1.54) is 12.1 Å². The van der Waals surface area contributed by atoms with Crippen LogP contribution in [0, 0.1) is 6.92 Å². The lowest BCUT2D eigenvalue weighted by atomic mass is 9.98. The van der Waals surface area contributed by atoms with E-state index in [9.17, 15) is 30.7 Å². The van der Waals surface area contributed by atoms with Crippen LogP contribution in [0.1, 0.15) is 11.1 Å². The molecule has 9 heteroatoms. The molecule has 1 rings (SSSR count). The summed E-state index contributed by atoms with van der Waals surface area (Å²) >= 11 is 0. The first kappa shape index (κ1) is 16.3. The van der Waals surface area contributed by atoms with Gasteiger partial charge in [-0.2, -0.15) is 30.7 Å². The summed E-state index contributed by atoms with van der Waals surface area (Å²) in [5.41, 5.74) is -2.25. The van der Waals surface area contributed by atoms with E-state index < -0.39 is 29.3 Å². The van der Waals surface area contributed by atoms with Crippen LogP contribution in [0.5, 0.6) is 0 Å². The van der Waals surface area contributed by atoms with E-state index in [1.54, 1.807) is 6.92 Å². The largest absolute Gasteiger partial charge is 0.460 e. The number of nitrogens with zero attached hydrogens (tertiary/aromatic N) is 1. The van der Waals surface area contributed by atoms with Crippen molar-refractivity contribution >= 4 is 5.71 Å². The molecule has 1 aromatic rings. The predicted molar refractivity (Wildman–Crippen MR) is 55.5 cm³/mol. The zero-order valence-corrected chi connectivity index (χ0v) is 9.85. The molecule has 0 aliphatic heterocycles. The molecule has 0 fully saturated rings. The van der Waals surface area contributed by atoms with E-state index in [-0.39, 0.29) is 0 Å². The van der Waals surface area contributed by atoms with Crippen molar-refractivity contribution in [1.82, 2.24) is 0 Å². The zero-order valence-electron chi connectivity index (χ0n) is 9.85. The van der Waals surface area contributed by atoms with Gasteiger partial charge in [-0.3, -0.25) is 0 Å². The van der Waals surface area contributed by atoms with Crippen LogP contribution < -0.4 is 0 Å². The minimum Gasteiger partial charge on any atom is -0.410 e. The van der Waals surface area contributed by atoms with Gasteiger partial charge in [0.2, 0.25) is 0 Å². The summed E-state index contributed by atoms with van der Waals surface area (Å²) in [6, 6.07) is 4.10. The lowest BCUT2D eigenvalue weighted by molar-refractivity contribution is -0.336. The van der Waals surface area contributed by atoms with E-state index in [2.05, 4.69) is 0 Å². The number of alkyl halides is 7. The fourth-order valence-corrected chi connectivity index (χ4v) is 1.34. The Morgan fingerprint density at radius 1 is 0.950 bits per heavy atom. The highest BCUT2D eigenvalue weighted by molar-refractivity contribution is 6.06. The molecule has 0 aliphatic carbocycles. The number of benzene rings is 1. The van der Waals surface area contributed by atoms with Crippen molar-refractivity contribution in [1.29, 1.82) is 0 Å². The molecule has 20 heavy (non-hydrogen) atoms. The Bertz CT molecular complexity index is 504. The molecule has 0 spiro atoms. The number of rotatable bonds is 3. The highest BCUT2D eigenvalue weighted by Crippen LogP contribution is 2.48. The van der Waals surface area contributed by atoms with Crippen LogP contribution in [-0.2, 0) is 0 Å². The van der Waals surface area contributed by atoms with E-state index >= 15 is 0 Å². The fourth-order valence-electron chi connectivity index (χ4n) is 1.34. The molecule has 0 aliphatic rings. The van der Waals surface area contributed by atoms with Crippen molar-refractivity contribution < 1.29 is 35.9 Å². The SMILES string of the molecule is Cc1ccc(C(=NO)C(F)(F)C(F)(F)C(F)(F)F)cc1. The lowest BCUT2D eigenvalue weighted by Crippen LogP contribution is -2.56. The number of oxime groups is 1. The molecule has 0 atom stereocenters. The third-order valence-corrected chi connectivity index (χ3v) is 2.47. The summed E-state index contributed by atoms with van der Waals surface area (Å²) in [5, 5.41) is 10.3. The monoisotopic (exact) mass is 303 g/mol. The zero-order chi connectivity index (χ0) is 15.8. The van der Waals surface area contributed by atoms with Crippen LogP contribution in [-0.4, -0.2) is 28.9 Å². The molecule has 0 bridgehead atoms. The van der Waals surface area contributed by atoms with Crippen molar-refractivity contribution in [3.8, 4) is 0 Å². The summed E-state index contributed by atoms with van der Waals surface area (Å²) < 4.78 is 88.6. The number of hydrogen-bond donors (Lipinski definition) is 1. The second-order valence-electron chi connectivity index (χ2n) is 3.96. The maximum absolute atomic E-state index is 13.4.